The third-order valence-electron chi connectivity index (χ3n) is 14.0. The van der Waals surface area contributed by atoms with E-state index in [-0.39, 0.29) is 37.5 Å². The molecule has 0 radical (unpaired) electrons. The highest BCUT2D eigenvalue weighted by Crippen LogP contribution is 2.16. The number of allylic oxidation sites excluding steroid dienone is 26. The Labute approximate surface area is 511 Å². The Morgan fingerprint density at radius 1 is 0.253 bits per heavy atom. The van der Waals surface area contributed by atoms with Gasteiger partial charge in [-0.1, -0.05) is 307 Å². The van der Waals surface area contributed by atoms with Crippen LogP contribution in [-0.2, 0) is 28.6 Å². The maximum atomic E-state index is 12.9. The summed E-state index contributed by atoms with van der Waals surface area (Å²) in [6.07, 6.45) is 101. The topological polar surface area (TPSA) is 78.9 Å². The van der Waals surface area contributed by atoms with Crippen LogP contribution >= 0.6 is 0 Å². The molecule has 0 saturated carbocycles. The van der Waals surface area contributed by atoms with Gasteiger partial charge in [0.15, 0.2) is 6.10 Å². The van der Waals surface area contributed by atoms with Crippen LogP contribution in [0, 0.1) is 0 Å². The number of ether oxygens (including phenoxy) is 3. The van der Waals surface area contributed by atoms with E-state index >= 15 is 0 Å². The molecule has 0 spiro atoms. The van der Waals surface area contributed by atoms with Crippen LogP contribution in [-0.4, -0.2) is 37.2 Å². The molecular formula is C77H124O6. The lowest BCUT2D eigenvalue weighted by Gasteiger charge is -2.18. The highest BCUT2D eigenvalue weighted by molar-refractivity contribution is 5.71. The first-order valence-corrected chi connectivity index (χ1v) is 34.0. The molecule has 0 aliphatic carbocycles. The minimum Gasteiger partial charge on any atom is -0.462 e. The van der Waals surface area contributed by atoms with Gasteiger partial charge in [0.05, 0.1) is 0 Å². The molecule has 0 bridgehead atoms. The van der Waals surface area contributed by atoms with Crippen LogP contribution in [0.5, 0.6) is 0 Å². The summed E-state index contributed by atoms with van der Waals surface area (Å²) < 4.78 is 16.9. The minimum absolute atomic E-state index is 0.103. The zero-order chi connectivity index (χ0) is 59.9. The van der Waals surface area contributed by atoms with E-state index in [1.54, 1.807) is 0 Å². The van der Waals surface area contributed by atoms with Crippen molar-refractivity contribution >= 4 is 17.9 Å². The summed E-state index contributed by atoms with van der Waals surface area (Å²) in [5.41, 5.74) is 0. The van der Waals surface area contributed by atoms with Crippen molar-refractivity contribution in [2.45, 2.75) is 297 Å². The van der Waals surface area contributed by atoms with Gasteiger partial charge in [-0.3, -0.25) is 14.4 Å². The number of hydrogen-bond acceptors (Lipinski definition) is 6. The van der Waals surface area contributed by atoms with Crippen LogP contribution in [0.3, 0.4) is 0 Å². The van der Waals surface area contributed by atoms with E-state index in [4.69, 9.17) is 14.2 Å². The molecule has 0 aromatic rings. The van der Waals surface area contributed by atoms with Crippen molar-refractivity contribution in [3.05, 3.63) is 158 Å². The molecule has 83 heavy (non-hydrogen) atoms. The van der Waals surface area contributed by atoms with E-state index in [1.165, 1.54) is 109 Å². The quantitative estimate of drug-likeness (QED) is 0.0261. The van der Waals surface area contributed by atoms with Crippen LogP contribution in [0.25, 0.3) is 0 Å². The molecule has 0 aliphatic rings. The molecule has 0 aromatic carbocycles. The van der Waals surface area contributed by atoms with Gasteiger partial charge in [0.2, 0.25) is 0 Å². The van der Waals surface area contributed by atoms with Gasteiger partial charge in [0.1, 0.15) is 13.2 Å². The molecule has 0 rings (SSSR count). The van der Waals surface area contributed by atoms with Crippen molar-refractivity contribution in [2.24, 2.45) is 0 Å². The van der Waals surface area contributed by atoms with E-state index in [9.17, 15) is 14.4 Å². The van der Waals surface area contributed by atoms with Gasteiger partial charge < -0.3 is 14.2 Å². The van der Waals surface area contributed by atoms with Gasteiger partial charge in [-0.05, 0) is 122 Å². The second-order valence-corrected chi connectivity index (χ2v) is 22.0. The maximum absolute atomic E-state index is 12.9. The second kappa shape index (κ2) is 69.5. The van der Waals surface area contributed by atoms with E-state index in [2.05, 4.69) is 179 Å². The van der Waals surface area contributed by atoms with Crippen molar-refractivity contribution < 1.29 is 28.6 Å². The van der Waals surface area contributed by atoms with Gasteiger partial charge in [-0.15, -0.1) is 0 Å². The summed E-state index contributed by atoms with van der Waals surface area (Å²) in [6.45, 7) is 6.37. The second-order valence-electron chi connectivity index (χ2n) is 22.0. The Morgan fingerprint density at radius 2 is 0.482 bits per heavy atom. The summed E-state index contributed by atoms with van der Waals surface area (Å²) in [7, 11) is 0. The Bertz CT molecular complexity index is 1840. The molecule has 0 amide bonds. The number of unbranched alkanes of at least 4 members (excludes halogenated alkanes) is 23. The highest BCUT2D eigenvalue weighted by Gasteiger charge is 2.19. The molecule has 468 valence electrons. The number of hydrogen-bond donors (Lipinski definition) is 0. The average molecular weight is 1150 g/mol. The van der Waals surface area contributed by atoms with Crippen LogP contribution in [0.4, 0.5) is 0 Å². The monoisotopic (exact) mass is 1140 g/mol. The fourth-order valence-corrected chi connectivity index (χ4v) is 9.02. The molecule has 0 aromatic heterocycles. The largest absolute Gasteiger partial charge is 0.462 e. The number of rotatable bonds is 60. The van der Waals surface area contributed by atoms with Crippen LogP contribution in [0.2, 0.25) is 0 Å². The lowest BCUT2D eigenvalue weighted by atomic mass is 10.0. The smallest absolute Gasteiger partial charge is 0.306 e. The van der Waals surface area contributed by atoms with Crippen LogP contribution in [0.1, 0.15) is 290 Å². The van der Waals surface area contributed by atoms with Crippen molar-refractivity contribution in [1.82, 2.24) is 0 Å². The molecule has 0 N–H and O–H groups in total. The molecule has 0 aliphatic heterocycles. The standard InChI is InChI=1S/C77H124O6/c1-4-7-10-13-16-19-22-25-28-30-32-34-35-36-37-38-39-40-41-43-44-46-49-52-55-58-61-64-67-70-76(79)82-73-74(72-81-75(78)69-66-63-60-57-54-51-48-27-24-21-18-15-12-9-6-3)83-77(80)71-68-65-62-59-56-53-50-47-45-42-33-31-29-26-23-20-17-14-11-8-5-2/h7-8,10-11,16-17,19-20,25-26,28-29,32-34,36-37,39-40,42-44,49,52,58,61,74H,4-6,9,12-15,18,21-24,27,30-31,35,38,41,45-48,50-51,53-57,59-60,62-73H2,1-3H3/b10-7-,11-8-,19-16-,20-17-,28-25-,29-26-,34-32-,37-36-,40-39-,42-33-,44-43-,52-49-,61-58-. The molecule has 1 unspecified atom stereocenters. The first-order chi connectivity index (χ1) is 41.0. The summed E-state index contributed by atoms with van der Waals surface area (Å²) in [5.74, 6) is -0.970. The van der Waals surface area contributed by atoms with E-state index in [0.717, 1.165) is 135 Å². The van der Waals surface area contributed by atoms with E-state index in [1.807, 2.05) is 0 Å². The predicted octanol–water partition coefficient (Wildman–Crippen LogP) is 23.7. The van der Waals surface area contributed by atoms with Crippen molar-refractivity contribution in [1.29, 1.82) is 0 Å². The van der Waals surface area contributed by atoms with Gasteiger partial charge in [0.25, 0.3) is 0 Å². The Hall–Kier alpha value is -4.97. The molecule has 0 fully saturated rings. The SMILES string of the molecule is CC/C=C\C/C=C\C/C=C\C/C=C\C/C=C\C/C=C\C/C=C\C/C=C\C/C=C\CCCC(=O)OCC(COC(=O)CCCCCCCCCCCCCCCCC)OC(=O)CCCCCCCCCC/C=C\C/C=C\C/C=C\C/C=C\CC. The fraction of sp³-hybridized carbons (Fsp3) is 0.623. The van der Waals surface area contributed by atoms with Crippen molar-refractivity contribution in [3.63, 3.8) is 0 Å². The summed E-state index contributed by atoms with van der Waals surface area (Å²) in [4.78, 5) is 38.4. The van der Waals surface area contributed by atoms with Crippen LogP contribution in [0.15, 0.2) is 158 Å². The van der Waals surface area contributed by atoms with Crippen molar-refractivity contribution in [3.8, 4) is 0 Å². The Morgan fingerprint density at radius 3 is 0.783 bits per heavy atom. The van der Waals surface area contributed by atoms with E-state index < -0.39 is 6.10 Å². The van der Waals surface area contributed by atoms with Crippen molar-refractivity contribution in [2.75, 3.05) is 13.2 Å². The Kier molecular flexibility index (Phi) is 65.4. The molecule has 0 saturated heterocycles. The zero-order valence-corrected chi connectivity index (χ0v) is 53.7. The predicted molar refractivity (Wildman–Crippen MR) is 362 cm³/mol. The zero-order valence-electron chi connectivity index (χ0n) is 53.7. The number of carbonyl (C=O) groups excluding carboxylic acids is 3. The molecule has 1 atom stereocenters. The van der Waals surface area contributed by atoms with Gasteiger partial charge >= 0.3 is 17.9 Å². The first-order valence-electron chi connectivity index (χ1n) is 34.0. The minimum atomic E-state index is -0.814. The van der Waals surface area contributed by atoms with Gasteiger partial charge in [-0.2, -0.15) is 0 Å². The number of esters is 3. The molecule has 0 heterocycles. The van der Waals surface area contributed by atoms with Gasteiger partial charge in [0, 0.05) is 19.3 Å². The first kappa shape index (κ1) is 78.0. The summed E-state index contributed by atoms with van der Waals surface area (Å²) in [5, 5.41) is 0. The van der Waals surface area contributed by atoms with E-state index in [0.29, 0.717) is 19.3 Å². The van der Waals surface area contributed by atoms with Crippen LogP contribution < -0.4 is 0 Å². The number of carbonyl (C=O) groups is 3. The lowest BCUT2D eigenvalue weighted by molar-refractivity contribution is -0.167. The molecular weight excluding hydrogens is 1020 g/mol. The summed E-state index contributed by atoms with van der Waals surface area (Å²) in [6, 6.07) is 0. The maximum Gasteiger partial charge on any atom is 0.306 e. The highest BCUT2D eigenvalue weighted by atomic mass is 16.6. The Balaban J connectivity index is 4.48. The average Bonchev–Trinajstić information content (AvgIpc) is 3.49. The summed E-state index contributed by atoms with van der Waals surface area (Å²) >= 11 is 0. The fourth-order valence-electron chi connectivity index (χ4n) is 9.02. The molecule has 6 nitrogen and oxygen atoms in total. The lowest BCUT2D eigenvalue weighted by Crippen LogP contribution is -2.30. The van der Waals surface area contributed by atoms with Gasteiger partial charge in [-0.25, -0.2) is 0 Å². The molecule has 6 heteroatoms. The third kappa shape index (κ3) is 67.7. The third-order valence-corrected chi connectivity index (χ3v) is 14.0. The normalized spacial score (nSPS) is 13.1.